The van der Waals surface area contributed by atoms with Gasteiger partial charge in [0.15, 0.2) is 0 Å². The first-order valence-corrected chi connectivity index (χ1v) is 7.86. The fourth-order valence-corrected chi connectivity index (χ4v) is 3.32. The molecule has 1 saturated heterocycles. The van der Waals surface area contributed by atoms with E-state index in [4.69, 9.17) is 0 Å². The first-order valence-electron chi connectivity index (χ1n) is 7.86. The van der Waals surface area contributed by atoms with Crippen molar-refractivity contribution in [3.63, 3.8) is 0 Å². The second-order valence-corrected chi connectivity index (χ2v) is 7.70. The molecule has 2 aliphatic rings. The average Bonchev–Trinajstić information content (AvgIpc) is 2.73. The standard InChI is InChI=1S/C16H28N2O2/c1-12-11-13(19)17-16(7-5-6-8-16)14(20)18(12)10-9-15(2,3)4/h12H,5-11H2,1-4H3,(H,17,19). The van der Waals surface area contributed by atoms with Gasteiger partial charge in [-0.3, -0.25) is 9.59 Å². The molecular formula is C16H28N2O2. The maximum absolute atomic E-state index is 13.0. The van der Waals surface area contributed by atoms with Crippen molar-refractivity contribution in [2.45, 2.75) is 77.8 Å². The third-order valence-electron chi connectivity index (χ3n) is 4.62. The molecule has 1 atom stereocenters. The molecule has 1 aliphatic heterocycles. The molecule has 4 heteroatoms. The molecule has 114 valence electrons. The molecule has 1 aliphatic carbocycles. The van der Waals surface area contributed by atoms with Crippen LogP contribution >= 0.6 is 0 Å². The van der Waals surface area contributed by atoms with Crippen LogP contribution in [0, 0.1) is 5.41 Å². The van der Waals surface area contributed by atoms with Gasteiger partial charge in [0, 0.05) is 19.0 Å². The fraction of sp³-hybridized carbons (Fsp3) is 0.875. The van der Waals surface area contributed by atoms with Gasteiger partial charge < -0.3 is 10.2 Å². The van der Waals surface area contributed by atoms with Crippen molar-refractivity contribution in [3.8, 4) is 0 Å². The van der Waals surface area contributed by atoms with Gasteiger partial charge in [-0.05, 0) is 31.6 Å². The summed E-state index contributed by atoms with van der Waals surface area (Å²) in [6.07, 6.45) is 5.07. The van der Waals surface area contributed by atoms with Gasteiger partial charge >= 0.3 is 0 Å². The predicted octanol–water partition coefficient (Wildman–Crippen LogP) is 2.47. The number of rotatable bonds is 2. The van der Waals surface area contributed by atoms with Crippen molar-refractivity contribution in [1.82, 2.24) is 10.2 Å². The Labute approximate surface area is 122 Å². The molecule has 2 rings (SSSR count). The summed E-state index contributed by atoms with van der Waals surface area (Å²) in [5.74, 6) is 0.184. The van der Waals surface area contributed by atoms with E-state index >= 15 is 0 Å². The van der Waals surface area contributed by atoms with Gasteiger partial charge in [-0.25, -0.2) is 0 Å². The Morgan fingerprint density at radius 2 is 1.85 bits per heavy atom. The van der Waals surface area contributed by atoms with E-state index in [0.29, 0.717) is 6.42 Å². The maximum Gasteiger partial charge on any atom is 0.248 e. The second-order valence-electron chi connectivity index (χ2n) is 7.70. The van der Waals surface area contributed by atoms with Crippen LogP contribution in [0.1, 0.15) is 66.2 Å². The molecule has 0 bridgehead atoms. The van der Waals surface area contributed by atoms with Gasteiger partial charge in [0.2, 0.25) is 11.8 Å². The highest BCUT2D eigenvalue weighted by atomic mass is 16.2. The van der Waals surface area contributed by atoms with Crippen molar-refractivity contribution in [2.24, 2.45) is 5.41 Å². The van der Waals surface area contributed by atoms with E-state index in [1.54, 1.807) is 0 Å². The smallest absolute Gasteiger partial charge is 0.248 e. The molecule has 0 aromatic rings. The van der Waals surface area contributed by atoms with Crippen molar-refractivity contribution in [2.75, 3.05) is 6.54 Å². The van der Waals surface area contributed by atoms with Crippen LogP contribution in [-0.4, -0.2) is 34.8 Å². The van der Waals surface area contributed by atoms with Crippen LogP contribution in [0.3, 0.4) is 0 Å². The van der Waals surface area contributed by atoms with E-state index in [1.165, 1.54) is 0 Å². The van der Waals surface area contributed by atoms with Crippen molar-refractivity contribution in [1.29, 1.82) is 0 Å². The largest absolute Gasteiger partial charge is 0.342 e. The molecular weight excluding hydrogens is 252 g/mol. The topological polar surface area (TPSA) is 49.4 Å². The summed E-state index contributed by atoms with van der Waals surface area (Å²) in [7, 11) is 0. The highest BCUT2D eigenvalue weighted by Gasteiger charge is 2.47. The minimum atomic E-state index is -0.597. The van der Waals surface area contributed by atoms with Gasteiger partial charge in [0.1, 0.15) is 5.54 Å². The van der Waals surface area contributed by atoms with Crippen LogP contribution < -0.4 is 5.32 Å². The summed E-state index contributed by atoms with van der Waals surface area (Å²) < 4.78 is 0. The van der Waals surface area contributed by atoms with Crippen LogP contribution in [0.5, 0.6) is 0 Å². The molecule has 1 heterocycles. The van der Waals surface area contributed by atoms with E-state index in [1.807, 2.05) is 11.8 Å². The predicted molar refractivity (Wildman–Crippen MR) is 79.2 cm³/mol. The molecule has 1 unspecified atom stereocenters. The van der Waals surface area contributed by atoms with Gasteiger partial charge in [0.25, 0.3) is 0 Å². The Morgan fingerprint density at radius 3 is 2.40 bits per heavy atom. The van der Waals surface area contributed by atoms with Crippen molar-refractivity contribution < 1.29 is 9.59 Å². The minimum Gasteiger partial charge on any atom is -0.342 e. The third-order valence-corrected chi connectivity index (χ3v) is 4.62. The van der Waals surface area contributed by atoms with Crippen molar-refractivity contribution in [3.05, 3.63) is 0 Å². The highest BCUT2D eigenvalue weighted by molar-refractivity contribution is 5.94. The van der Waals surface area contributed by atoms with Crippen LogP contribution in [0.15, 0.2) is 0 Å². The third kappa shape index (κ3) is 3.15. The van der Waals surface area contributed by atoms with E-state index in [2.05, 4.69) is 26.1 Å². The molecule has 4 nitrogen and oxygen atoms in total. The lowest BCUT2D eigenvalue weighted by atomic mass is 9.90. The van der Waals surface area contributed by atoms with E-state index in [-0.39, 0.29) is 23.3 Å². The molecule has 0 aromatic heterocycles. The average molecular weight is 280 g/mol. The van der Waals surface area contributed by atoms with Crippen LogP contribution in [-0.2, 0) is 9.59 Å². The Morgan fingerprint density at radius 1 is 1.25 bits per heavy atom. The minimum absolute atomic E-state index is 0.00447. The van der Waals surface area contributed by atoms with Gasteiger partial charge in [0.05, 0.1) is 0 Å². The number of carbonyl (C=O) groups excluding carboxylic acids is 2. The molecule has 2 amide bonds. The first kappa shape index (κ1) is 15.3. The fourth-order valence-electron chi connectivity index (χ4n) is 3.32. The number of nitrogens with zero attached hydrogens (tertiary/aromatic N) is 1. The Kier molecular flexibility index (Phi) is 4.12. The normalized spacial score (nSPS) is 26.8. The van der Waals surface area contributed by atoms with Crippen LogP contribution in [0.4, 0.5) is 0 Å². The number of amides is 2. The summed E-state index contributed by atoms with van der Waals surface area (Å²) in [6, 6.07) is 0.00447. The Balaban J connectivity index is 2.19. The first-order chi connectivity index (χ1) is 9.23. The maximum atomic E-state index is 13.0. The van der Waals surface area contributed by atoms with Crippen LogP contribution in [0.25, 0.3) is 0 Å². The van der Waals surface area contributed by atoms with Crippen molar-refractivity contribution >= 4 is 11.8 Å². The summed E-state index contributed by atoms with van der Waals surface area (Å²) in [5, 5.41) is 3.03. The lowest BCUT2D eigenvalue weighted by Gasteiger charge is -2.35. The zero-order valence-electron chi connectivity index (χ0n) is 13.3. The summed E-state index contributed by atoms with van der Waals surface area (Å²) >= 11 is 0. The quantitative estimate of drug-likeness (QED) is 0.844. The number of nitrogens with one attached hydrogen (secondary N) is 1. The number of carbonyl (C=O) groups is 2. The highest BCUT2D eigenvalue weighted by Crippen LogP contribution is 2.34. The Hall–Kier alpha value is -1.06. The summed E-state index contributed by atoms with van der Waals surface area (Å²) in [5.41, 5.74) is -0.397. The second kappa shape index (κ2) is 5.38. The van der Waals surface area contributed by atoms with Gasteiger partial charge in [-0.15, -0.1) is 0 Å². The lowest BCUT2D eigenvalue weighted by Crippen LogP contribution is -2.56. The SMILES string of the molecule is CC1CC(=O)NC2(CCCC2)C(=O)N1CCC(C)(C)C. The molecule has 20 heavy (non-hydrogen) atoms. The molecule has 1 N–H and O–H groups in total. The van der Waals surface area contributed by atoms with E-state index < -0.39 is 5.54 Å². The van der Waals surface area contributed by atoms with Gasteiger partial charge in [-0.1, -0.05) is 33.6 Å². The number of hydrogen-bond acceptors (Lipinski definition) is 2. The molecule has 1 saturated carbocycles. The number of hydrogen-bond donors (Lipinski definition) is 1. The molecule has 0 radical (unpaired) electrons. The van der Waals surface area contributed by atoms with Gasteiger partial charge in [-0.2, -0.15) is 0 Å². The van der Waals surface area contributed by atoms with Crippen LogP contribution in [0.2, 0.25) is 0 Å². The zero-order chi connectivity index (χ0) is 15.0. The molecule has 1 spiro atoms. The molecule has 0 aromatic carbocycles. The van der Waals surface area contributed by atoms with E-state index in [9.17, 15) is 9.59 Å². The Bertz CT molecular complexity index is 392. The lowest BCUT2D eigenvalue weighted by molar-refractivity contribution is -0.140. The summed E-state index contributed by atoms with van der Waals surface area (Å²) in [4.78, 5) is 27.0. The monoisotopic (exact) mass is 280 g/mol. The zero-order valence-corrected chi connectivity index (χ0v) is 13.3. The molecule has 2 fully saturated rings. The summed E-state index contributed by atoms with van der Waals surface area (Å²) in [6.45, 7) is 9.31. The van der Waals surface area contributed by atoms with E-state index in [0.717, 1.165) is 38.6 Å².